The van der Waals surface area contributed by atoms with Crippen molar-refractivity contribution in [3.63, 3.8) is 0 Å². The first-order valence-electron chi connectivity index (χ1n) is 6.96. The first-order chi connectivity index (χ1) is 11.6. The Kier molecular flexibility index (Phi) is 6.76. The van der Waals surface area contributed by atoms with Crippen LogP contribution >= 0.6 is 11.6 Å². The zero-order valence-corrected chi connectivity index (χ0v) is 16.2. The average Bonchev–Trinajstić information content (AvgIpc) is 2.43. The average molecular weight is 428 g/mol. The van der Waals surface area contributed by atoms with Crippen molar-refractivity contribution in [2.45, 2.75) is 30.2 Å². The molecule has 0 radical (unpaired) electrons. The van der Waals surface area contributed by atoms with Crippen LogP contribution in [-0.4, -0.2) is 45.5 Å². The van der Waals surface area contributed by atoms with Gasteiger partial charge in [0.2, 0.25) is 15.9 Å². The Bertz CT molecular complexity index is 945. The standard InChI is InChI=1S/C13H18ClN3O7S2/c1-6-3-7(10(5-9(6)14)26(22,23)24)8(4-11(15)18)12(16)13(19)17-25(2,20)21/h3,5,8,12H,4,16H2,1-2H3,(H2,15,18)(H,17,19)(H,22,23,24)/t8?,12-/m0/s1. The van der Waals surface area contributed by atoms with E-state index in [-0.39, 0.29) is 10.6 Å². The van der Waals surface area contributed by atoms with Gasteiger partial charge in [0.25, 0.3) is 16.0 Å². The summed E-state index contributed by atoms with van der Waals surface area (Å²) in [5.41, 5.74) is 11.1. The van der Waals surface area contributed by atoms with Gasteiger partial charge < -0.3 is 11.5 Å². The van der Waals surface area contributed by atoms with Crippen LogP contribution in [0, 0.1) is 6.92 Å². The lowest BCUT2D eigenvalue weighted by atomic mass is 9.87. The zero-order chi connectivity index (χ0) is 20.4. The third-order valence-corrected chi connectivity index (χ3v) is 5.30. The van der Waals surface area contributed by atoms with Crippen molar-refractivity contribution in [2.24, 2.45) is 11.5 Å². The number of hydrogen-bond donors (Lipinski definition) is 4. The molecule has 0 bridgehead atoms. The smallest absolute Gasteiger partial charge is 0.294 e. The van der Waals surface area contributed by atoms with Gasteiger partial charge in [-0.1, -0.05) is 17.7 Å². The maximum atomic E-state index is 12.1. The highest BCUT2D eigenvalue weighted by atomic mass is 35.5. The summed E-state index contributed by atoms with van der Waals surface area (Å²) in [5, 5.41) is 0.00774. The van der Waals surface area contributed by atoms with Gasteiger partial charge in [0.1, 0.15) is 0 Å². The second-order valence-corrected chi connectivity index (χ2v) is 9.20. The Morgan fingerprint density at radius 3 is 2.23 bits per heavy atom. The molecule has 0 aliphatic rings. The third-order valence-electron chi connectivity index (χ3n) is 3.41. The van der Waals surface area contributed by atoms with Gasteiger partial charge in [-0.2, -0.15) is 8.42 Å². The fourth-order valence-electron chi connectivity index (χ4n) is 2.28. The normalized spacial score (nSPS) is 14.5. The molecule has 0 saturated heterocycles. The highest BCUT2D eigenvalue weighted by Gasteiger charge is 2.33. The molecule has 0 fully saturated rings. The van der Waals surface area contributed by atoms with E-state index in [0.717, 1.165) is 12.3 Å². The fraction of sp³-hybridized carbons (Fsp3) is 0.385. The second kappa shape index (κ2) is 7.88. The number of nitrogens with two attached hydrogens (primary N) is 2. The predicted octanol–water partition coefficient (Wildman–Crippen LogP) is -0.743. The van der Waals surface area contributed by atoms with E-state index in [9.17, 15) is 31.0 Å². The second-order valence-electron chi connectivity index (χ2n) is 5.66. The molecule has 2 atom stereocenters. The van der Waals surface area contributed by atoms with Crippen LogP contribution in [0.15, 0.2) is 17.0 Å². The van der Waals surface area contributed by atoms with E-state index < -0.39 is 55.2 Å². The van der Waals surface area contributed by atoms with Crippen molar-refractivity contribution in [1.82, 2.24) is 4.72 Å². The maximum Gasteiger partial charge on any atom is 0.294 e. The van der Waals surface area contributed by atoms with Crippen LogP contribution in [0.3, 0.4) is 0 Å². The molecule has 6 N–H and O–H groups in total. The number of carbonyl (C=O) groups is 2. The Hall–Kier alpha value is -1.73. The quantitative estimate of drug-likeness (QED) is 0.409. The van der Waals surface area contributed by atoms with E-state index in [4.69, 9.17) is 23.1 Å². The van der Waals surface area contributed by atoms with Gasteiger partial charge in [-0.3, -0.25) is 18.9 Å². The molecule has 1 aromatic carbocycles. The number of amides is 2. The first kappa shape index (κ1) is 22.3. The van der Waals surface area contributed by atoms with Crippen LogP contribution in [-0.2, 0) is 29.7 Å². The van der Waals surface area contributed by atoms with Crippen molar-refractivity contribution in [2.75, 3.05) is 6.26 Å². The predicted molar refractivity (Wildman–Crippen MR) is 93.5 cm³/mol. The molecule has 0 aliphatic carbocycles. The molecule has 1 unspecified atom stereocenters. The number of benzene rings is 1. The van der Waals surface area contributed by atoms with Gasteiger partial charge >= 0.3 is 0 Å². The molecule has 26 heavy (non-hydrogen) atoms. The first-order valence-corrected chi connectivity index (χ1v) is 10.7. The lowest BCUT2D eigenvalue weighted by Crippen LogP contribution is -2.47. The van der Waals surface area contributed by atoms with Crippen LogP contribution in [0.1, 0.15) is 23.5 Å². The minimum atomic E-state index is -4.79. The maximum absolute atomic E-state index is 12.1. The molecule has 0 saturated carbocycles. The van der Waals surface area contributed by atoms with E-state index in [1.807, 2.05) is 0 Å². The van der Waals surface area contributed by atoms with E-state index in [0.29, 0.717) is 5.56 Å². The number of halogens is 1. The lowest BCUT2D eigenvalue weighted by molar-refractivity contribution is -0.121. The third kappa shape index (κ3) is 5.92. The molecule has 146 valence electrons. The van der Waals surface area contributed by atoms with Crippen LogP contribution < -0.4 is 16.2 Å². The minimum absolute atomic E-state index is 0.00774. The molecular weight excluding hydrogens is 410 g/mol. The summed E-state index contributed by atoms with van der Waals surface area (Å²) in [6.45, 7) is 1.52. The van der Waals surface area contributed by atoms with Crippen LogP contribution in [0.2, 0.25) is 5.02 Å². The molecule has 0 heterocycles. The van der Waals surface area contributed by atoms with Crippen LogP contribution in [0.25, 0.3) is 0 Å². The highest BCUT2D eigenvalue weighted by Crippen LogP contribution is 2.33. The van der Waals surface area contributed by atoms with E-state index in [2.05, 4.69) is 0 Å². The summed E-state index contributed by atoms with van der Waals surface area (Å²) in [5.74, 6) is -3.43. The van der Waals surface area contributed by atoms with E-state index in [1.165, 1.54) is 13.0 Å². The largest absolute Gasteiger partial charge is 0.370 e. The number of carbonyl (C=O) groups excluding carboxylic acids is 2. The molecule has 2 amide bonds. The van der Waals surface area contributed by atoms with Gasteiger partial charge in [-0.25, -0.2) is 8.42 Å². The van der Waals surface area contributed by atoms with E-state index in [1.54, 1.807) is 4.72 Å². The Morgan fingerprint density at radius 2 is 1.81 bits per heavy atom. The lowest BCUT2D eigenvalue weighted by Gasteiger charge is -2.24. The number of nitrogens with one attached hydrogen (secondary N) is 1. The van der Waals surface area contributed by atoms with Gasteiger partial charge in [0.05, 0.1) is 17.2 Å². The fourth-order valence-corrected chi connectivity index (χ4v) is 3.78. The van der Waals surface area contributed by atoms with Gasteiger partial charge in [0, 0.05) is 17.4 Å². The Balaban J connectivity index is 3.58. The summed E-state index contributed by atoms with van der Waals surface area (Å²) in [4.78, 5) is 22.8. The molecule has 0 aliphatic heterocycles. The van der Waals surface area contributed by atoms with Gasteiger partial charge in [0.15, 0.2) is 0 Å². The zero-order valence-electron chi connectivity index (χ0n) is 13.8. The number of sulfonamides is 1. The van der Waals surface area contributed by atoms with Crippen LogP contribution in [0.4, 0.5) is 0 Å². The number of hydrogen-bond acceptors (Lipinski definition) is 7. The SMILES string of the molecule is Cc1cc(C(CC(N)=O)[C@H](N)C(=O)NS(C)(=O)=O)c(S(=O)(=O)O)cc1Cl. The molecule has 1 aromatic rings. The van der Waals surface area contributed by atoms with Crippen LogP contribution in [0.5, 0.6) is 0 Å². The molecule has 10 nitrogen and oxygen atoms in total. The van der Waals surface area contributed by atoms with Gasteiger partial charge in [-0.05, 0) is 24.1 Å². The monoisotopic (exact) mass is 427 g/mol. The van der Waals surface area contributed by atoms with E-state index >= 15 is 0 Å². The summed E-state index contributed by atoms with van der Waals surface area (Å²) in [6.07, 6.45) is 0.138. The Labute approximate surface area is 155 Å². The molecule has 0 spiro atoms. The topological polar surface area (TPSA) is 187 Å². The van der Waals surface area contributed by atoms with Crippen molar-refractivity contribution >= 4 is 43.6 Å². The Morgan fingerprint density at radius 1 is 1.27 bits per heavy atom. The molecule has 0 aromatic heterocycles. The van der Waals surface area contributed by atoms with Crippen molar-refractivity contribution in [3.05, 3.63) is 28.3 Å². The van der Waals surface area contributed by atoms with Gasteiger partial charge in [-0.15, -0.1) is 0 Å². The molecule has 13 heteroatoms. The highest BCUT2D eigenvalue weighted by molar-refractivity contribution is 7.89. The van der Waals surface area contributed by atoms with Crippen molar-refractivity contribution in [3.8, 4) is 0 Å². The molecule has 1 rings (SSSR count). The summed E-state index contributed by atoms with van der Waals surface area (Å²) in [6, 6.07) is 0.516. The summed E-state index contributed by atoms with van der Waals surface area (Å²) >= 11 is 5.87. The number of primary amides is 1. The van der Waals surface area contributed by atoms with Crippen molar-refractivity contribution in [1.29, 1.82) is 0 Å². The molecular formula is C13H18ClN3O7S2. The van der Waals surface area contributed by atoms with Crippen molar-refractivity contribution < 1.29 is 31.0 Å². The summed E-state index contributed by atoms with van der Waals surface area (Å²) in [7, 11) is -8.74. The summed E-state index contributed by atoms with van der Waals surface area (Å²) < 4.78 is 56.9. The number of rotatable bonds is 7. The minimum Gasteiger partial charge on any atom is -0.370 e. The number of aryl methyl sites for hydroxylation is 1.